The summed E-state index contributed by atoms with van der Waals surface area (Å²) in [6.07, 6.45) is 0. The van der Waals surface area contributed by atoms with Crippen molar-refractivity contribution >= 4 is 9.90 Å². The molecule has 0 aromatic carbocycles. The van der Waals surface area contributed by atoms with E-state index in [1.165, 1.54) is 0 Å². The Morgan fingerprint density at radius 1 is 1.40 bits per heavy atom. The Balaban J connectivity index is 0. The first-order valence-corrected chi connectivity index (χ1v) is 1.43. The van der Waals surface area contributed by atoms with Gasteiger partial charge in [0.1, 0.15) is 0 Å². The van der Waals surface area contributed by atoms with Gasteiger partial charge in [-0.2, -0.15) is 9.90 Å². The SMILES string of the molecule is P.[O-][Cl+2]([O-])O. The van der Waals surface area contributed by atoms with Gasteiger partial charge in [-0.25, -0.2) is 0 Å². The summed E-state index contributed by atoms with van der Waals surface area (Å²) >= 11 is 0. The van der Waals surface area contributed by atoms with E-state index in [1.807, 2.05) is 0 Å². The van der Waals surface area contributed by atoms with Crippen LogP contribution < -0.4 is 9.32 Å². The van der Waals surface area contributed by atoms with Gasteiger partial charge in [-0.15, -0.1) is 0 Å². The van der Waals surface area contributed by atoms with E-state index < -0.39 is 10.8 Å². The van der Waals surface area contributed by atoms with Gasteiger partial charge in [-0.1, -0.05) is 0 Å². The molecule has 0 saturated heterocycles. The van der Waals surface area contributed by atoms with Crippen molar-refractivity contribution in [3.05, 3.63) is 0 Å². The molecule has 0 heterocycles. The van der Waals surface area contributed by atoms with E-state index in [4.69, 9.17) is 14.0 Å². The molecule has 5 heteroatoms. The summed E-state index contributed by atoms with van der Waals surface area (Å²) in [5.41, 5.74) is 0. The zero-order valence-corrected chi connectivity index (χ0v) is 4.52. The molecule has 1 atom stereocenters. The summed E-state index contributed by atoms with van der Waals surface area (Å²) in [5.74, 6) is 0. The van der Waals surface area contributed by atoms with Crippen LogP contribution in [0.25, 0.3) is 0 Å². The second-order valence-electron chi connectivity index (χ2n) is 0.201. The second kappa shape index (κ2) is 4.60. The number of halogens is 1. The number of hydrogen-bond donors (Lipinski definition) is 1. The highest BCUT2D eigenvalue weighted by atomic mass is 35.6. The summed E-state index contributed by atoms with van der Waals surface area (Å²) < 4.78 is 24.0. The highest BCUT2D eigenvalue weighted by Crippen LogP contribution is 1.38. The van der Waals surface area contributed by atoms with Gasteiger partial charge in [-0.3, -0.25) is 0 Å². The summed E-state index contributed by atoms with van der Waals surface area (Å²) in [6, 6.07) is 0. The van der Waals surface area contributed by atoms with Crippen molar-refractivity contribution in [3.63, 3.8) is 0 Å². The Morgan fingerprint density at radius 3 is 1.40 bits per heavy atom. The van der Waals surface area contributed by atoms with Crippen molar-refractivity contribution in [2.24, 2.45) is 0 Å². The lowest BCUT2D eigenvalue weighted by molar-refractivity contribution is -1.63. The van der Waals surface area contributed by atoms with E-state index in [-0.39, 0.29) is 9.90 Å². The minimum atomic E-state index is -2.60. The Kier molecular flexibility index (Phi) is 8.41. The molecular weight excluding hydrogens is 114 g/mol. The van der Waals surface area contributed by atoms with Crippen molar-refractivity contribution in [1.82, 2.24) is 0 Å². The normalized spacial score (nSPS) is 7.20. The Bertz CT molecular complexity index is 11.6. The Morgan fingerprint density at radius 2 is 1.40 bits per heavy atom. The Hall–Kier alpha value is 0.600. The molecule has 0 aromatic heterocycles. The van der Waals surface area contributed by atoms with Crippen molar-refractivity contribution in [1.29, 1.82) is 0 Å². The molecular formula is H4ClO3P. The predicted octanol–water partition coefficient (Wildman–Crippen LogP) is -2.88. The summed E-state index contributed by atoms with van der Waals surface area (Å²) in [4.78, 5) is 0. The third-order valence-corrected chi connectivity index (χ3v) is 0. The fourth-order valence-corrected chi connectivity index (χ4v) is 0. The van der Waals surface area contributed by atoms with Crippen LogP contribution in [0.3, 0.4) is 0 Å². The van der Waals surface area contributed by atoms with Gasteiger partial charge in [0.05, 0.1) is 0 Å². The van der Waals surface area contributed by atoms with Crippen LogP contribution in [-0.2, 0) is 0 Å². The van der Waals surface area contributed by atoms with Gasteiger partial charge in [0.2, 0.25) is 0 Å². The van der Waals surface area contributed by atoms with Gasteiger partial charge < -0.3 is 9.32 Å². The molecule has 0 amide bonds. The van der Waals surface area contributed by atoms with E-state index in [0.29, 0.717) is 0 Å². The van der Waals surface area contributed by atoms with E-state index in [0.717, 1.165) is 0 Å². The summed E-state index contributed by atoms with van der Waals surface area (Å²) in [5, 5.41) is 0. The third-order valence-electron chi connectivity index (χ3n) is 0. The molecule has 1 unspecified atom stereocenters. The second-order valence-corrected chi connectivity index (χ2v) is 0.603. The first-order valence-electron chi connectivity index (χ1n) is 0.478. The highest BCUT2D eigenvalue weighted by molar-refractivity contribution is 6.92. The molecule has 34 valence electrons. The van der Waals surface area contributed by atoms with Crippen molar-refractivity contribution < 1.29 is 24.8 Å². The van der Waals surface area contributed by atoms with Crippen LogP contribution in [0.4, 0.5) is 0 Å². The minimum absolute atomic E-state index is 0. The average molecular weight is 118 g/mol. The van der Waals surface area contributed by atoms with Gasteiger partial charge in [0.25, 0.3) is 10.8 Å². The molecule has 0 rings (SSSR count). The quantitative estimate of drug-likeness (QED) is 0.348. The van der Waals surface area contributed by atoms with Crippen molar-refractivity contribution in [3.8, 4) is 0 Å². The van der Waals surface area contributed by atoms with Crippen LogP contribution in [0.1, 0.15) is 0 Å². The fraction of sp³-hybridized carbons (Fsp3) is 0. The maximum absolute atomic E-state index is 8.52. The zero-order chi connectivity index (χ0) is 3.58. The lowest BCUT2D eigenvalue weighted by atomic mass is 15.8. The van der Waals surface area contributed by atoms with Crippen molar-refractivity contribution in [2.75, 3.05) is 0 Å². The van der Waals surface area contributed by atoms with Crippen LogP contribution in [0.2, 0.25) is 0 Å². The molecule has 1 N–H and O–H groups in total. The van der Waals surface area contributed by atoms with Gasteiger partial charge >= 0.3 is 0 Å². The van der Waals surface area contributed by atoms with E-state index >= 15 is 0 Å². The van der Waals surface area contributed by atoms with Gasteiger partial charge in [0, 0.05) is 4.66 Å². The van der Waals surface area contributed by atoms with Crippen LogP contribution in [0, 0.1) is 10.8 Å². The van der Waals surface area contributed by atoms with Crippen LogP contribution in [0.15, 0.2) is 0 Å². The lowest BCUT2D eigenvalue weighted by Gasteiger charge is -1.72. The molecule has 0 aliphatic heterocycles. The lowest BCUT2D eigenvalue weighted by Crippen LogP contribution is -2.30. The number of hydrogen-bond acceptors (Lipinski definition) is 3. The third kappa shape index (κ3) is 86.4. The smallest absolute Gasteiger partial charge is 0.282 e. The van der Waals surface area contributed by atoms with Crippen LogP contribution >= 0.6 is 9.90 Å². The minimum Gasteiger partial charge on any atom is -0.321 e. The van der Waals surface area contributed by atoms with Crippen LogP contribution in [-0.4, -0.2) is 4.66 Å². The van der Waals surface area contributed by atoms with Crippen molar-refractivity contribution in [2.45, 2.75) is 0 Å². The molecule has 0 aliphatic carbocycles. The fourth-order valence-electron chi connectivity index (χ4n) is 0. The molecule has 0 radical (unpaired) electrons. The van der Waals surface area contributed by atoms with E-state index in [1.54, 1.807) is 0 Å². The maximum atomic E-state index is 8.52. The maximum Gasteiger partial charge on any atom is 0.282 e. The zero-order valence-electron chi connectivity index (χ0n) is 2.35. The molecule has 0 aromatic rings. The predicted molar refractivity (Wildman–Crippen MR) is 13.3 cm³/mol. The van der Waals surface area contributed by atoms with Crippen LogP contribution in [0.5, 0.6) is 0 Å². The largest absolute Gasteiger partial charge is 0.321 e. The molecule has 0 bridgehead atoms. The first kappa shape index (κ1) is 9.14. The Labute approximate surface area is 35.6 Å². The standard InChI is InChI=1S/ClHO3.H3P/c2-1(3)4;/h2H;1H3. The summed E-state index contributed by atoms with van der Waals surface area (Å²) in [6.45, 7) is 0. The monoisotopic (exact) mass is 118 g/mol. The molecule has 0 saturated carbocycles. The van der Waals surface area contributed by atoms with Gasteiger partial charge in [0.15, 0.2) is 0 Å². The number of rotatable bonds is 0. The first-order chi connectivity index (χ1) is 1.73. The topological polar surface area (TPSA) is 66.3 Å². The molecule has 5 heavy (non-hydrogen) atoms. The summed E-state index contributed by atoms with van der Waals surface area (Å²) in [7, 11) is -2.60. The molecule has 0 aliphatic rings. The molecule has 3 nitrogen and oxygen atoms in total. The van der Waals surface area contributed by atoms with Gasteiger partial charge in [-0.05, 0) is 0 Å². The van der Waals surface area contributed by atoms with E-state index in [9.17, 15) is 0 Å². The van der Waals surface area contributed by atoms with E-state index in [2.05, 4.69) is 0 Å². The average Bonchev–Trinajstić information content (AvgIpc) is 0.811. The molecule has 0 spiro atoms. The molecule has 0 fully saturated rings. The highest BCUT2D eigenvalue weighted by Gasteiger charge is 1.79.